The van der Waals surface area contributed by atoms with E-state index in [1.54, 1.807) is 0 Å². The van der Waals surface area contributed by atoms with Gasteiger partial charge in [0.1, 0.15) is 6.10 Å². The first-order valence-electron chi connectivity index (χ1n) is 3.80. The van der Waals surface area contributed by atoms with Crippen LogP contribution in [0.3, 0.4) is 0 Å². The highest BCUT2D eigenvalue weighted by atomic mass is 17.2. The van der Waals surface area contributed by atoms with E-state index in [0.717, 1.165) is 19.4 Å². The third kappa shape index (κ3) is 1.05. The van der Waals surface area contributed by atoms with Gasteiger partial charge in [-0.1, -0.05) is 0 Å². The van der Waals surface area contributed by atoms with Crippen molar-refractivity contribution in [1.82, 2.24) is 0 Å². The molecule has 0 amide bonds. The van der Waals surface area contributed by atoms with Crippen molar-refractivity contribution in [2.24, 2.45) is 0 Å². The van der Waals surface area contributed by atoms with Gasteiger partial charge in [-0.15, -0.1) is 0 Å². The Bertz CT molecular complexity index is 126. The van der Waals surface area contributed by atoms with Gasteiger partial charge < -0.3 is 4.74 Å². The summed E-state index contributed by atoms with van der Waals surface area (Å²) in [4.78, 5) is 10.1. The van der Waals surface area contributed by atoms with Crippen LogP contribution in [0.2, 0.25) is 0 Å². The summed E-state index contributed by atoms with van der Waals surface area (Å²) in [7, 11) is 0. The third-order valence-corrected chi connectivity index (χ3v) is 2.06. The zero-order valence-electron chi connectivity index (χ0n) is 6.08. The van der Waals surface area contributed by atoms with Crippen molar-refractivity contribution in [1.29, 1.82) is 0 Å². The van der Waals surface area contributed by atoms with E-state index in [1.807, 2.05) is 6.92 Å². The van der Waals surface area contributed by atoms with E-state index in [0.29, 0.717) is 6.10 Å². The second-order valence-corrected chi connectivity index (χ2v) is 2.98. The van der Waals surface area contributed by atoms with Crippen molar-refractivity contribution in [2.75, 3.05) is 6.61 Å². The Labute approximate surface area is 60.2 Å². The molecule has 58 valence electrons. The van der Waals surface area contributed by atoms with Crippen molar-refractivity contribution < 1.29 is 14.5 Å². The van der Waals surface area contributed by atoms with Gasteiger partial charge in [-0.05, 0) is 6.92 Å². The highest BCUT2D eigenvalue weighted by molar-refractivity contribution is 4.79. The largest absolute Gasteiger partial charge is 0.375 e. The maximum Gasteiger partial charge on any atom is 0.121 e. The van der Waals surface area contributed by atoms with Crippen molar-refractivity contribution in [3.05, 3.63) is 0 Å². The third-order valence-electron chi connectivity index (χ3n) is 2.06. The van der Waals surface area contributed by atoms with Crippen LogP contribution in [-0.2, 0) is 14.5 Å². The monoisotopic (exact) mass is 144 g/mol. The lowest BCUT2D eigenvalue weighted by molar-refractivity contribution is -0.379. The molecule has 2 aliphatic heterocycles. The molecular weight excluding hydrogens is 132 g/mol. The highest BCUT2D eigenvalue weighted by Crippen LogP contribution is 2.26. The number of fused-ring (bicyclic) bond motifs is 1. The molecule has 0 aromatic carbocycles. The SMILES string of the molecule is C[C@@H]1C[C@@H]2OCC[C@@H]2OO1. The van der Waals surface area contributed by atoms with E-state index in [2.05, 4.69) is 0 Å². The Balaban J connectivity index is 1.96. The molecule has 0 aromatic rings. The zero-order chi connectivity index (χ0) is 6.97. The standard InChI is InChI=1S/C7H12O3/c1-5-4-7-6(10-9-5)2-3-8-7/h5-7H,2-4H2,1H3/t5-,6+,7+/m1/s1. The quantitative estimate of drug-likeness (QED) is 0.472. The number of rotatable bonds is 0. The molecule has 2 aliphatic rings. The molecule has 0 aliphatic carbocycles. The molecule has 0 unspecified atom stereocenters. The molecule has 0 spiro atoms. The molecule has 3 heteroatoms. The minimum Gasteiger partial charge on any atom is -0.375 e. The van der Waals surface area contributed by atoms with Gasteiger partial charge in [0.25, 0.3) is 0 Å². The maximum absolute atomic E-state index is 5.42. The van der Waals surface area contributed by atoms with E-state index < -0.39 is 0 Å². The summed E-state index contributed by atoms with van der Waals surface area (Å²) in [6.45, 7) is 2.82. The average Bonchev–Trinajstić information content (AvgIpc) is 2.33. The van der Waals surface area contributed by atoms with Crippen LogP contribution in [0.5, 0.6) is 0 Å². The summed E-state index contributed by atoms with van der Waals surface area (Å²) in [5.74, 6) is 0. The second kappa shape index (κ2) is 2.49. The summed E-state index contributed by atoms with van der Waals surface area (Å²) >= 11 is 0. The molecule has 2 rings (SSSR count). The maximum atomic E-state index is 5.42. The molecule has 0 aromatic heterocycles. The van der Waals surface area contributed by atoms with Gasteiger partial charge in [-0.3, -0.25) is 0 Å². The first-order valence-corrected chi connectivity index (χ1v) is 3.80. The predicted octanol–water partition coefficient (Wildman–Crippen LogP) is 0.884. The smallest absolute Gasteiger partial charge is 0.121 e. The molecule has 0 radical (unpaired) electrons. The van der Waals surface area contributed by atoms with Gasteiger partial charge >= 0.3 is 0 Å². The minimum absolute atomic E-state index is 0.194. The lowest BCUT2D eigenvalue weighted by Crippen LogP contribution is -2.35. The van der Waals surface area contributed by atoms with E-state index in [4.69, 9.17) is 14.5 Å². The summed E-state index contributed by atoms with van der Waals surface area (Å²) in [6, 6.07) is 0. The molecule has 0 saturated carbocycles. The molecule has 3 atom stereocenters. The van der Waals surface area contributed by atoms with Crippen molar-refractivity contribution in [3.8, 4) is 0 Å². The molecule has 0 bridgehead atoms. The Hall–Kier alpha value is -0.120. The van der Waals surface area contributed by atoms with Crippen LogP contribution < -0.4 is 0 Å². The second-order valence-electron chi connectivity index (χ2n) is 2.98. The fraction of sp³-hybridized carbons (Fsp3) is 1.00. The van der Waals surface area contributed by atoms with E-state index in [1.165, 1.54) is 0 Å². The van der Waals surface area contributed by atoms with Crippen LogP contribution >= 0.6 is 0 Å². The molecule has 2 heterocycles. The molecule has 2 fully saturated rings. The Kier molecular flexibility index (Phi) is 1.64. The Morgan fingerprint density at radius 3 is 3.00 bits per heavy atom. The van der Waals surface area contributed by atoms with E-state index in [-0.39, 0.29) is 12.2 Å². The summed E-state index contributed by atoms with van der Waals surface area (Å²) in [5, 5.41) is 0. The lowest BCUT2D eigenvalue weighted by atomic mass is 10.1. The highest BCUT2D eigenvalue weighted by Gasteiger charge is 2.35. The van der Waals surface area contributed by atoms with Crippen LogP contribution in [0.4, 0.5) is 0 Å². The van der Waals surface area contributed by atoms with Gasteiger partial charge in [-0.2, -0.15) is 0 Å². The van der Waals surface area contributed by atoms with Crippen molar-refractivity contribution in [2.45, 2.75) is 38.1 Å². The summed E-state index contributed by atoms with van der Waals surface area (Å²) < 4.78 is 5.42. The summed E-state index contributed by atoms with van der Waals surface area (Å²) in [6.07, 6.45) is 2.65. The normalized spacial score (nSPS) is 47.1. The predicted molar refractivity (Wildman–Crippen MR) is 34.4 cm³/mol. The van der Waals surface area contributed by atoms with Crippen LogP contribution in [-0.4, -0.2) is 24.9 Å². The number of ether oxygens (including phenoxy) is 1. The zero-order valence-corrected chi connectivity index (χ0v) is 6.08. The Morgan fingerprint density at radius 2 is 2.10 bits per heavy atom. The van der Waals surface area contributed by atoms with Crippen molar-refractivity contribution in [3.63, 3.8) is 0 Å². The fourth-order valence-corrected chi connectivity index (χ4v) is 1.49. The van der Waals surface area contributed by atoms with Gasteiger partial charge in [0.15, 0.2) is 0 Å². The molecule has 2 saturated heterocycles. The van der Waals surface area contributed by atoms with Crippen LogP contribution in [0.25, 0.3) is 0 Å². The average molecular weight is 144 g/mol. The minimum atomic E-state index is 0.194. The van der Waals surface area contributed by atoms with Crippen molar-refractivity contribution >= 4 is 0 Å². The first-order chi connectivity index (χ1) is 4.86. The first kappa shape index (κ1) is 6.58. The van der Waals surface area contributed by atoms with Gasteiger partial charge in [0.2, 0.25) is 0 Å². The number of hydrogen-bond donors (Lipinski definition) is 0. The van der Waals surface area contributed by atoms with Gasteiger partial charge in [0, 0.05) is 19.4 Å². The molecular formula is C7H12O3. The fourth-order valence-electron chi connectivity index (χ4n) is 1.49. The Morgan fingerprint density at radius 1 is 1.20 bits per heavy atom. The topological polar surface area (TPSA) is 27.7 Å². The van der Waals surface area contributed by atoms with Gasteiger partial charge in [-0.25, -0.2) is 9.78 Å². The number of hydrogen-bond acceptors (Lipinski definition) is 3. The van der Waals surface area contributed by atoms with Gasteiger partial charge in [0.05, 0.1) is 12.2 Å². The van der Waals surface area contributed by atoms with E-state index in [9.17, 15) is 0 Å². The molecule has 10 heavy (non-hydrogen) atoms. The van der Waals surface area contributed by atoms with E-state index >= 15 is 0 Å². The van der Waals surface area contributed by atoms with Crippen LogP contribution in [0.1, 0.15) is 19.8 Å². The van der Waals surface area contributed by atoms with Crippen LogP contribution in [0.15, 0.2) is 0 Å². The molecule has 3 nitrogen and oxygen atoms in total. The summed E-state index contributed by atoms with van der Waals surface area (Å²) in [5.41, 5.74) is 0. The van der Waals surface area contributed by atoms with Crippen LogP contribution in [0, 0.1) is 0 Å². The molecule has 0 N–H and O–H groups in total. The lowest BCUT2D eigenvalue weighted by Gasteiger charge is -2.27.